The molecule has 4 rings (SSSR count). The van der Waals surface area contributed by atoms with Crippen LogP contribution in [0, 0.1) is 0 Å². The molecule has 2 N–H and O–H groups in total. The van der Waals surface area contributed by atoms with Crippen LogP contribution in [0.2, 0.25) is 0 Å². The first-order valence-electron chi connectivity index (χ1n) is 8.33. The summed E-state index contributed by atoms with van der Waals surface area (Å²) in [7, 11) is 0. The average molecular weight is 320 g/mol. The van der Waals surface area contributed by atoms with Crippen LogP contribution >= 0.6 is 0 Å². The zero-order valence-electron chi connectivity index (χ0n) is 13.4. The van der Waals surface area contributed by atoms with E-state index in [0.29, 0.717) is 13.1 Å². The molecule has 3 aromatic carbocycles. The zero-order valence-corrected chi connectivity index (χ0v) is 13.4. The van der Waals surface area contributed by atoms with Crippen LogP contribution in [0.3, 0.4) is 0 Å². The van der Waals surface area contributed by atoms with Crippen molar-refractivity contribution in [3.05, 3.63) is 60.2 Å². The minimum Gasteiger partial charge on any atom is -0.465 e. The Morgan fingerprint density at radius 2 is 1.71 bits per heavy atom. The number of amides is 1. The molecule has 122 valence electrons. The third-order valence-electron chi connectivity index (χ3n) is 4.92. The van der Waals surface area contributed by atoms with E-state index in [2.05, 4.69) is 47.8 Å². The molecular formula is C20H20N2O2. The van der Waals surface area contributed by atoms with Crippen molar-refractivity contribution in [2.45, 2.75) is 12.5 Å². The molecule has 0 radical (unpaired) electrons. The van der Waals surface area contributed by atoms with Gasteiger partial charge in [0.05, 0.1) is 6.04 Å². The Kier molecular flexibility index (Phi) is 3.82. The molecule has 1 aliphatic heterocycles. The highest BCUT2D eigenvalue weighted by Crippen LogP contribution is 2.30. The van der Waals surface area contributed by atoms with E-state index in [9.17, 15) is 9.90 Å². The van der Waals surface area contributed by atoms with E-state index in [1.807, 2.05) is 12.1 Å². The summed E-state index contributed by atoms with van der Waals surface area (Å²) < 4.78 is 0. The molecule has 0 bridgehead atoms. The predicted molar refractivity (Wildman–Crippen MR) is 96.5 cm³/mol. The van der Waals surface area contributed by atoms with E-state index in [4.69, 9.17) is 0 Å². The van der Waals surface area contributed by atoms with E-state index in [0.717, 1.165) is 13.0 Å². The number of rotatable bonds is 2. The van der Waals surface area contributed by atoms with Gasteiger partial charge in [0.15, 0.2) is 0 Å². The summed E-state index contributed by atoms with van der Waals surface area (Å²) in [6.45, 7) is 1.96. The number of carboxylic acid groups (broad SMARTS) is 1. The normalized spacial score (nSPS) is 18.2. The van der Waals surface area contributed by atoms with Gasteiger partial charge in [0.2, 0.25) is 0 Å². The van der Waals surface area contributed by atoms with Gasteiger partial charge in [-0.15, -0.1) is 0 Å². The maximum Gasteiger partial charge on any atom is 0.407 e. The first-order valence-corrected chi connectivity index (χ1v) is 8.33. The lowest BCUT2D eigenvalue weighted by Gasteiger charge is -2.34. The molecule has 1 heterocycles. The van der Waals surface area contributed by atoms with Crippen molar-refractivity contribution in [1.82, 2.24) is 10.2 Å². The fourth-order valence-corrected chi connectivity index (χ4v) is 3.76. The van der Waals surface area contributed by atoms with Crippen molar-refractivity contribution < 1.29 is 9.90 Å². The summed E-state index contributed by atoms with van der Waals surface area (Å²) in [5, 5.41) is 17.7. The van der Waals surface area contributed by atoms with Crippen LogP contribution in [0.5, 0.6) is 0 Å². The largest absolute Gasteiger partial charge is 0.465 e. The van der Waals surface area contributed by atoms with Gasteiger partial charge in [0, 0.05) is 19.6 Å². The summed E-state index contributed by atoms with van der Waals surface area (Å²) in [6.07, 6.45) is -0.104. The topological polar surface area (TPSA) is 52.6 Å². The number of nitrogens with zero attached hydrogens (tertiary/aromatic N) is 1. The number of hydrogen-bond donors (Lipinski definition) is 2. The van der Waals surface area contributed by atoms with Crippen LogP contribution < -0.4 is 5.32 Å². The quantitative estimate of drug-likeness (QED) is 0.711. The number of piperazine rings is 1. The minimum atomic E-state index is -0.828. The van der Waals surface area contributed by atoms with E-state index in [1.54, 1.807) is 4.90 Å². The highest BCUT2D eigenvalue weighted by Gasteiger charge is 2.27. The number of hydrogen-bond acceptors (Lipinski definition) is 2. The van der Waals surface area contributed by atoms with Crippen molar-refractivity contribution in [1.29, 1.82) is 0 Å². The van der Waals surface area contributed by atoms with E-state index in [1.165, 1.54) is 27.1 Å². The smallest absolute Gasteiger partial charge is 0.407 e. The summed E-state index contributed by atoms with van der Waals surface area (Å²) in [6, 6.07) is 18.9. The maximum atomic E-state index is 11.6. The molecule has 1 aliphatic rings. The molecule has 0 aliphatic carbocycles. The van der Waals surface area contributed by atoms with Gasteiger partial charge in [-0.25, -0.2) is 4.79 Å². The third kappa shape index (κ3) is 2.59. The minimum absolute atomic E-state index is 0.0366. The fraction of sp³-hybridized carbons (Fsp3) is 0.250. The predicted octanol–water partition coefficient (Wildman–Crippen LogP) is 3.49. The molecule has 1 atom stereocenters. The van der Waals surface area contributed by atoms with Crippen LogP contribution in [-0.4, -0.2) is 41.8 Å². The number of carbonyl (C=O) groups is 1. The second-order valence-corrected chi connectivity index (χ2v) is 6.34. The van der Waals surface area contributed by atoms with Crippen molar-refractivity contribution in [3.8, 4) is 0 Å². The average Bonchev–Trinajstić information content (AvgIpc) is 2.62. The molecule has 3 aromatic rings. The van der Waals surface area contributed by atoms with Crippen LogP contribution in [0.1, 0.15) is 5.56 Å². The van der Waals surface area contributed by atoms with Crippen molar-refractivity contribution in [2.75, 3.05) is 19.6 Å². The van der Waals surface area contributed by atoms with Gasteiger partial charge in [-0.05, 0) is 39.6 Å². The van der Waals surface area contributed by atoms with Gasteiger partial charge in [0.1, 0.15) is 0 Å². The van der Waals surface area contributed by atoms with E-state index >= 15 is 0 Å². The molecule has 4 heteroatoms. The van der Waals surface area contributed by atoms with Crippen molar-refractivity contribution in [3.63, 3.8) is 0 Å². The Bertz CT molecular complexity index is 852. The molecule has 0 aromatic heterocycles. The maximum absolute atomic E-state index is 11.6. The van der Waals surface area contributed by atoms with Crippen molar-refractivity contribution in [2.24, 2.45) is 0 Å². The lowest BCUT2D eigenvalue weighted by Crippen LogP contribution is -2.54. The molecule has 24 heavy (non-hydrogen) atoms. The van der Waals surface area contributed by atoms with Crippen LogP contribution in [0.15, 0.2) is 54.6 Å². The molecule has 0 spiro atoms. The molecular weight excluding hydrogens is 300 g/mol. The fourth-order valence-electron chi connectivity index (χ4n) is 3.76. The summed E-state index contributed by atoms with van der Waals surface area (Å²) >= 11 is 0. The summed E-state index contributed by atoms with van der Waals surface area (Å²) in [5.74, 6) is 0. The highest BCUT2D eigenvalue weighted by molar-refractivity contribution is 6.02. The third-order valence-corrected chi connectivity index (χ3v) is 4.92. The SMILES string of the molecule is O=C(O)N1CCNCC1Cc1c2ccccc2cc2ccccc12. The lowest BCUT2D eigenvalue weighted by atomic mass is 9.92. The monoisotopic (exact) mass is 320 g/mol. The van der Waals surface area contributed by atoms with E-state index < -0.39 is 6.09 Å². The first-order chi connectivity index (χ1) is 11.7. The van der Waals surface area contributed by atoms with Gasteiger partial charge in [-0.2, -0.15) is 0 Å². The van der Waals surface area contributed by atoms with Crippen LogP contribution in [0.25, 0.3) is 21.5 Å². The molecule has 1 amide bonds. The van der Waals surface area contributed by atoms with Crippen LogP contribution in [0.4, 0.5) is 4.79 Å². The number of benzene rings is 3. The van der Waals surface area contributed by atoms with Gasteiger partial charge < -0.3 is 15.3 Å². The van der Waals surface area contributed by atoms with Gasteiger partial charge >= 0.3 is 6.09 Å². The molecule has 1 unspecified atom stereocenters. The first kappa shape index (κ1) is 15.0. The Morgan fingerprint density at radius 1 is 1.08 bits per heavy atom. The molecule has 0 saturated carbocycles. The lowest BCUT2D eigenvalue weighted by molar-refractivity contribution is 0.112. The van der Waals surface area contributed by atoms with E-state index in [-0.39, 0.29) is 6.04 Å². The Hall–Kier alpha value is -2.59. The zero-order chi connectivity index (χ0) is 16.5. The number of nitrogens with one attached hydrogen (secondary N) is 1. The summed E-state index contributed by atoms with van der Waals surface area (Å²) in [4.78, 5) is 13.2. The highest BCUT2D eigenvalue weighted by atomic mass is 16.4. The molecule has 1 saturated heterocycles. The Morgan fingerprint density at radius 3 is 2.33 bits per heavy atom. The molecule has 4 nitrogen and oxygen atoms in total. The molecule has 1 fully saturated rings. The summed E-state index contributed by atoms with van der Waals surface area (Å²) in [5.41, 5.74) is 1.24. The van der Waals surface area contributed by atoms with Gasteiger partial charge in [-0.3, -0.25) is 0 Å². The number of fused-ring (bicyclic) bond motifs is 2. The Labute approximate surface area is 140 Å². The second-order valence-electron chi connectivity index (χ2n) is 6.34. The van der Waals surface area contributed by atoms with Crippen LogP contribution in [-0.2, 0) is 6.42 Å². The standard InChI is InChI=1S/C20H20N2O2/c23-20(24)22-10-9-21-13-16(22)12-19-17-7-3-1-5-14(17)11-15-6-2-4-8-18(15)19/h1-8,11,16,21H,9-10,12-13H2,(H,23,24). The Balaban J connectivity index is 1.85. The van der Waals surface area contributed by atoms with Gasteiger partial charge in [0.25, 0.3) is 0 Å². The van der Waals surface area contributed by atoms with Crippen molar-refractivity contribution >= 4 is 27.6 Å². The second kappa shape index (κ2) is 6.13. The van der Waals surface area contributed by atoms with Gasteiger partial charge in [-0.1, -0.05) is 48.5 Å².